The van der Waals surface area contributed by atoms with Crippen LogP contribution in [0.1, 0.15) is 40.5 Å². The van der Waals surface area contributed by atoms with E-state index >= 15 is 0 Å². The van der Waals surface area contributed by atoms with Gasteiger partial charge in [0, 0.05) is 12.8 Å². The van der Waals surface area contributed by atoms with Crippen molar-refractivity contribution < 1.29 is 9.90 Å². The average Bonchev–Trinajstić information content (AvgIpc) is 2.10. The predicted molar refractivity (Wildman–Crippen MR) is 61.7 cm³/mol. The van der Waals surface area contributed by atoms with Gasteiger partial charge in [0.05, 0.1) is 0 Å². The summed E-state index contributed by atoms with van der Waals surface area (Å²) >= 11 is 0. The lowest BCUT2D eigenvalue weighted by molar-refractivity contribution is -0.116. The van der Waals surface area contributed by atoms with Crippen molar-refractivity contribution in [2.24, 2.45) is 11.3 Å². The summed E-state index contributed by atoms with van der Waals surface area (Å²) in [5, 5.41) is 9.51. The Labute approximate surface area is 91.7 Å². The zero-order chi connectivity index (χ0) is 11.6. The van der Waals surface area contributed by atoms with Gasteiger partial charge in [0.2, 0.25) is 0 Å². The van der Waals surface area contributed by atoms with Crippen LogP contribution in [-0.4, -0.2) is 10.9 Å². The molecule has 0 amide bonds. The highest BCUT2D eigenvalue weighted by atomic mass is 16.3. The van der Waals surface area contributed by atoms with E-state index < -0.39 is 0 Å². The molecular formula is C13H20O2. The molecule has 1 atom stereocenters. The van der Waals surface area contributed by atoms with E-state index in [1.807, 2.05) is 0 Å². The maximum atomic E-state index is 11.0. The van der Waals surface area contributed by atoms with Gasteiger partial charge in [-0.2, -0.15) is 0 Å². The molecule has 15 heavy (non-hydrogen) atoms. The van der Waals surface area contributed by atoms with Gasteiger partial charge in [0.15, 0.2) is 11.5 Å². The predicted octanol–water partition coefficient (Wildman–Crippen LogP) is 3.40. The summed E-state index contributed by atoms with van der Waals surface area (Å²) in [5.74, 6) is -0.193. The van der Waals surface area contributed by atoms with E-state index in [0.717, 1.165) is 12.8 Å². The molecule has 0 aliphatic heterocycles. The molecule has 1 N–H and O–H groups in total. The number of ketones is 1. The minimum atomic E-state index is -0.260. The van der Waals surface area contributed by atoms with Crippen LogP contribution >= 0.6 is 0 Å². The lowest BCUT2D eigenvalue weighted by Crippen LogP contribution is -2.27. The van der Waals surface area contributed by atoms with E-state index in [2.05, 4.69) is 26.8 Å². The van der Waals surface area contributed by atoms with E-state index in [1.54, 1.807) is 6.08 Å². The van der Waals surface area contributed by atoms with Gasteiger partial charge in [-0.05, 0) is 31.3 Å². The van der Waals surface area contributed by atoms with Gasteiger partial charge in [-0.25, -0.2) is 0 Å². The zero-order valence-electron chi connectivity index (χ0n) is 10.0. The fourth-order valence-corrected chi connectivity index (χ4v) is 2.20. The number of allylic oxidation sites excluding steroid dienone is 4. The standard InChI is InChI=1S/C13H20O2/c1-9-6-5-7-13(3,4)11(9)8-12(15)10(2)14/h6,8,11,15H,5,7H2,1-4H3/b12-8-. The SMILES string of the molecule is CC(=O)/C(O)=C/C1C(C)=CCCC1(C)C. The molecule has 0 spiro atoms. The lowest BCUT2D eigenvalue weighted by atomic mass is 9.68. The van der Waals surface area contributed by atoms with Gasteiger partial charge in [-0.15, -0.1) is 0 Å². The third kappa shape index (κ3) is 2.71. The van der Waals surface area contributed by atoms with Crippen molar-refractivity contribution in [3.05, 3.63) is 23.5 Å². The summed E-state index contributed by atoms with van der Waals surface area (Å²) in [6, 6.07) is 0. The Balaban J connectivity index is 3.00. The second kappa shape index (κ2) is 4.21. The molecule has 0 radical (unpaired) electrons. The maximum absolute atomic E-state index is 11.0. The van der Waals surface area contributed by atoms with Gasteiger partial charge >= 0.3 is 0 Å². The molecule has 0 aromatic carbocycles. The highest BCUT2D eigenvalue weighted by Gasteiger charge is 2.31. The van der Waals surface area contributed by atoms with Crippen LogP contribution in [0.4, 0.5) is 0 Å². The molecule has 0 aromatic heterocycles. The highest BCUT2D eigenvalue weighted by Crippen LogP contribution is 2.41. The average molecular weight is 208 g/mol. The smallest absolute Gasteiger partial charge is 0.193 e. The Morgan fingerprint density at radius 3 is 2.67 bits per heavy atom. The number of aliphatic hydroxyl groups excluding tert-OH is 1. The van der Waals surface area contributed by atoms with E-state index in [1.165, 1.54) is 12.5 Å². The normalized spacial score (nSPS) is 26.0. The molecule has 1 aliphatic carbocycles. The first kappa shape index (κ1) is 12.0. The third-order valence-electron chi connectivity index (χ3n) is 3.27. The first-order valence-corrected chi connectivity index (χ1v) is 5.43. The molecular weight excluding hydrogens is 188 g/mol. The molecule has 0 bridgehead atoms. The monoisotopic (exact) mass is 208 g/mol. The van der Waals surface area contributed by atoms with Crippen molar-refractivity contribution in [2.45, 2.75) is 40.5 Å². The van der Waals surface area contributed by atoms with Crippen LogP contribution in [0.25, 0.3) is 0 Å². The first-order chi connectivity index (χ1) is 6.84. The number of hydrogen-bond acceptors (Lipinski definition) is 2. The summed E-state index contributed by atoms with van der Waals surface area (Å²) in [4.78, 5) is 11.0. The Morgan fingerprint density at radius 1 is 1.60 bits per heavy atom. The Bertz CT molecular complexity index is 321. The summed E-state index contributed by atoms with van der Waals surface area (Å²) in [7, 11) is 0. The maximum Gasteiger partial charge on any atom is 0.193 e. The van der Waals surface area contributed by atoms with Gasteiger partial charge in [-0.3, -0.25) is 4.79 Å². The van der Waals surface area contributed by atoms with Gasteiger partial charge in [0.25, 0.3) is 0 Å². The van der Waals surface area contributed by atoms with Crippen molar-refractivity contribution in [1.82, 2.24) is 0 Å². The second-order valence-electron chi connectivity index (χ2n) is 5.06. The van der Waals surface area contributed by atoms with Gasteiger partial charge < -0.3 is 5.11 Å². The third-order valence-corrected chi connectivity index (χ3v) is 3.27. The molecule has 0 aromatic rings. The van der Waals surface area contributed by atoms with E-state index in [-0.39, 0.29) is 22.9 Å². The number of hydrogen-bond donors (Lipinski definition) is 1. The number of aliphatic hydroxyl groups is 1. The minimum Gasteiger partial charge on any atom is -0.505 e. The molecule has 84 valence electrons. The summed E-state index contributed by atoms with van der Waals surface area (Å²) in [6.07, 6.45) is 6.08. The van der Waals surface area contributed by atoms with Crippen LogP contribution in [0.2, 0.25) is 0 Å². The van der Waals surface area contributed by atoms with Crippen molar-refractivity contribution in [2.75, 3.05) is 0 Å². The summed E-state index contributed by atoms with van der Waals surface area (Å²) in [6.45, 7) is 7.81. The molecule has 0 saturated heterocycles. The molecule has 0 saturated carbocycles. The summed E-state index contributed by atoms with van der Waals surface area (Å²) in [5.41, 5.74) is 1.38. The van der Waals surface area contributed by atoms with Crippen LogP contribution in [-0.2, 0) is 4.79 Å². The summed E-state index contributed by atoms with van der Waals surface area (Å²) < 4.78 is 0. The zero-order valence-corrected chi connectivity index (χ0v) is 10.0. The number of Topliss-reactive ketones (excluding diaryl/α,β-unsaturated/α-hetero) is 1. The van der Waals surface area contributed by atoms with Gasteiger partial charge in [-0.1, -0.05) is 25.5 Å². The quantitative estimate of drug-likeness (QED) is 0.429. The van der Waals surface area contributed by atoms with E-state index in [4.69, 9.17) is 0 Å². The van der Waals surface area contributed by atoms with Crippen LogP contribution in [0.15, 0.2) is 23.5 Å². The molecule has 1 aliphatic rings. The van der Waals surface area contributed by atoms with Crippen molar-refractivity contribution in [3.8, 4) is 0 Å². The molecule has 1 rings (SSSR count). The van der Waals surface area contributed by atoms with Crippen molar-refractivity contribution in [3.63, 3.8) is 0 Å². The Hall–Kier alpha value is -1.05. The van der Waals surface area contributed by atoms with Crippen LogP contribution in [0.3, 0.4) is 0 Å². The molecule has 2 heteroatoms. The number of carbonyl (C=O) groups excluding carboxylic acids is 1. The molecule has 1 unspecified atom stereocenters. The first-order valence-electron chi connectivity index (χ1n) is 5.43. The largest absolute Gasteiger partial charge is 0.505 e. The minimum absolute atomic E-state index is 0.109. The lowest BCUT2D eigenvalue weighted by Gasteiger charge is -2.36. The fraction of sp³-hybridized carbons (Fsp3) is 0.615. The van der Waals surface area contributed by atoms with Crippen molar-refractivity contribution in [1.29, 1.82) is 0 Å². The Morgan fingerprint density at radius 2 is 2.20 bits per heavy atom. The second-order valence-corrected chi connectivity index (χ2v) is 5.06. The van der Waals surface area contributed by atoms with E-state index in [0.29, 0.717) is 0 Å². The Kier molecular flexibility index (Phi) is 3.38. The van der Waals surface area contributed by atoms with Gasteiger partial charge in [0.1, 0.15) is 0 Å². The molecule has 0 heterocycles. The molecule has 0 fully saturated rings. The number of carbonyl (C=O) groups is 1. The topological polar surface area (TPSA) is 37.3 Å². The van der Waals surface area contributed by atoms with Crippen LogP contribution in [0.5, 0.6) is 0 Å². The van der Waals surface area contributed by atoms with Crippen LogP contribution < -0.4 is 0 Å². The van der Waals surface area contributed by atoms with Crippen molar-refractivity contribution >= 4 is 5.78 Å². The van der Waals surface area contributed by atoms with Crippen LogP contribution in [0, 0.1) is 11.3 Å². The van der Waals surface area contributed by atoms with E-state index in [9.17, 15) is 9.90 Å². The fourth-order valence-electron chi connectivity index (χ4n) is 2.20. The number of rotatable bonds is 2. The highest BCUT2D eigenvalue weighted by molar-refractivity contribution is 5.90. The molecule has 2 nitrogen and oxygen atoms in total.